The molecule has 1 aromatic carbocycles. The quantitative estimate of drug-likeness (QED) is 0.693. The van der Waals surface area contributed by atoms with E-state index in [-0.39, 0.29) is 0 Å². The molecule has 2 nitrogen and oxygen atoms in total. The number of carboxylic acid groups (broad SMARTS) is 1. The van der Waals surface area contributed by atoms with Gasteiger partial charge in [0.15, 0.2) is 0 Å². The van der Waals surface area contributed by atoms with E-state index in [9.17, 15) is 4.79 Å². The van der Waals surface area contributed by atoms with Crippen LogP contribution in [0, 0.1) is 5.92 Å². The largest absolute Gasteiger partial charge is 0.478 e. The molecule has 1 aromatic rings. The summed E-state index contributed by atoms with van der Waals surface area (Å²) in [4.78, 5) is 11.9. The molecule has 0 saturated carbocycles. The molecule has 0 bridgehead atoms. The molecule has 0 aliphatic carbocycles. The lowest BCUT2D eigenvalue weighted by Gasteiger charge is -2.13. The molecule has 0 aliphatic rings. The number of hydrogen-bond donors (Lipinski definition) is 1. The van der Waals surface area contributed by atoms with Crippen LogP contribution in [0.3, 0.4) is 0 Å². The van der Waals surface area contributed by atoms with Gasteiger partial charge in [-0.3, -0.25) is 0 Å². The van der Waals surface area contributed by atoms with Crippen molar-refractivity contribution < 1.29 is 9.90 Å². The van der Waals surface area contributed by atoms with Gasteiger partial charge in [0, 0.05) is 10.6 Å². The Labute approximate surface area is 114 Å². The smallest absolute Gasteiger partial charge is 0.335 e. The Morgan fingerprint density at radius 3 is 2.44 bits per heavy atom. The molecular weight excluding hydrogens is 244 g/mol. The summed E-state index contributed by atoms with van der Waals surface area (Å²) in [7, 11) is 0. The van der Waals surface area contributed by atoms with Crippen LogP contribution in [0.1, 0.15) is 49.9 Å². The summed E-state index contributed by atoms with van der Waals surface area (Å²) in [5, 5.41) is 8.82. The van der Waals surface area contributed by atoms with Crippen LogP contribution < -0.4 is 0 Å². The van der Waals surface area contributed by atoms with E-state index < -0.39 is 5.97 Å². The van der Waals surface area contributed by atoms with Crippen molar-refractivity contribution in [3.05, 3.63) is 29.8 Å². The van der Waals surface area contributed by atoms with Gasteiger partial charge in [0.25, 0.3) is 0 Å². The lowest BCUT2D eigenvalue weighted by molar-refractivity contribution is 0.0697. The minimum Gasteiger partial charge on any atom is -0.478 e. The summed E-state index contributed by atoms with van der Waals surface area (Å²) in [5.74, 6) is 1.04. The van der Waals surface area contributed by atoms with Gasteiger partial charge in [-0.25, -0.2) is 4.79 Å². The van der Waals surface area contributed by atoms with Crippen molar-refractivity contribution in [2.45, 2.75) is 44.4 Å². The Balaban J connectivity index is 2.44. The fourth-order valence-electron chi connectivity index (χ4n) is 1.81. The number of carboxylic acids is 1. The predicted octanol–water partition coefficient (Wildman–Crippen LogP) is 4.69. The van der Waals surface area contributed by atoms with E-state index in [1.54, 1.807) is 12.1 Å². The standard InChI is InChI=1S/C15H22O2S/c1-3-5-6-12(4-2)11-18-14-9-7-13(8-10-14)15(16)17/h7-10,12H,3-6,11H2,1-2H3,(H,16,17). The van der Waals surface area contributed by atoms with Crippen LogP contribution in [0.4, 0.5) is 0 Å². The zero-order valence-electron chi connectivity index (χ0n) is 11.2. The lowest BCUT2D eigenvalue weighted by atomic mass is 10.0. The maximum absolute atomic E-state index is 10.7. The summed E-state index contributed by atoms with van der Waals surface area (Å²) in [6.07, 6.45) is 5.08. The maximum atomic E-state index is 10.7. The first-order chi connectivity index (χ1) is 8.67. The first-order valence-electron chi connectivity index (χ1n) is 6.63. The Kier molecular flexibility index (Phi) is 6.88. The summed E-state index contributed by atoms with van der Waals surface area (Å²) in [6.45, 7) is 4.47. The van der Waals surface area contributed by atoms with Crippen molar-refractivity contribution in [3.63, 3.8) is 0 Å². The van der Waals surface area contributed by atoms with Crippen molar-refractivity contribution in [2.24, 2.45) is 5.92 Å². The molecule has 0 aliphatic heterocycles. The monoisotopic (exact) mass is 266 g/mol. The summed E-state index contributed by atoms with van der Waals surface area (Å²) < 4.78 is 0. The van der Waals surface area contributed by atoms with Gasteiger partial charge in [0.05, 0.1) is 5.56 Å². The Hall–Kier alpha value is -0.960. The lowest BCUT2D eigenvalue weighted by Crippen LogP contribution is -2.02. The Bertz CT molecular complexity index is 359. The second-order valence-corrected chi connectivity index (χ2v) is 5.65. The molecular formula is C15H22O2S. The third-order valence-corrected chi connectivity index (χ3v) is 4.37. The van der Waals surface area contributed by atoms with Gasteiger partial charge in [-0.05, 0) is 36.6 Å². The molecule has 100 valence electrons. The van der Waals surface area contributed by atoms with Crippen LogP contribution >= 0.6 is 11.8 Å². The number of hydrogen-bond acceptors (Lipinski definition) is 2. The van der Waals surface area contributed by atoms with Gasteiger partial charge < -0.3 is 5.11 Å². The topological polar surface area (TPSA) is 37.3 Å². The fraction of sp³-hybridized carbons (Fsp3) is 0.533. The Morgan fingerprint density at radius 1 is 1.28 bits per heavy atom. The summed E-state index contributed by atoms with van der Waals surface area (Å²) in [5.41, 5.74) is 0.359. The number of aromatic carboxylic acids is 1. The number of thioether (sulfide) groups is 1. The zero-order valence-corrected chi connectivity index (χ0v) is 12.0. The molecule has 18 heavy (non-hydrogen) atoms. The molecule has 0 aromatic heterocycles. The van der Waals surface area contributed by atoms with E-state index in [1.165, 1.54) is 25.7 Å². The van der Waals surface area contributed by atoms with Crippen molar-refractivity contribution in [2.75, 3.05) is 5.75 Å². The van der Waals surface area contributed by atoms with Crippen LogP contribution in [-0.4, -0.2) is 16.8 Å². The van der Waals surface area contributed by atoms with E-state index in [0.29, 0.717) is 5.56 Å². The molecule has 0 heterocycles. The summed E-state index contributed by atoms with van der Waals surface area (Å²) >= 11 is 1.83. The first kappa shape index (κ1) is 15.1. The average molecular weight is 266 g/mol. The van der Waals surface area contributed by atoms with Crippen LogP contribution in [0.25, 0.3) is 0 Å². The van der Waals surface area contributed by atoms with E-state index >= 15 is 0 Å². The Morgan fingerprint density at radius 2 is 1.94 bits per heavy atom. The molecule has 0 saturated heterocycles. The number of rotatable bonds is 8. The van der Waals surface area contributed by atoms with Crippen LogP contribution in [0.2, 0.25) is 0 Å². The van der Waals surface area contributed by atoms with Crippen LogP contribution in [-0.2, 0) is 0 Å². The highest BCUT2D eigenvalue weighted by Gasteiger charge is 2.07. The fourth-order valence-corrected chi connectivity index (χ4v) is 2.96. The highest BCUT2D eigenvalue weighted by Crippen LogP contribution is 2.25. The number of carbonyl (C=O) groups is 1. The summed E-state index contributed by atoms with van der Waals surface area (Å²) in [6, 6.07) is 7.16. The van der Waals surface area contributed by atoms with Gasteiger partial charge in [0.2, 0.25) is 0 Å². The van der Waals surface area contributed by atoms with Gasteiger partial charge in [-0.15, -0.1) is 11.8 Å². The highest BCUT2D eigenvalue weighted by atomic mass is 32.2. The minimum atomic E-state index is -0.860. The van der Waals surface area contributed by atoms with Gasteiger partial charge in [-0.2, -0.15) is 0 Å². The second-order valence-electron chi connectivity index (χ2n) is 4.56. The van der Waals surface area contributed by atoms with Gasteiger partial charge in [0.1, 0.15) is 0 Å². The molecule has 0 spiro atoms. The van der Waals surface area contributed by atoms with Crippen LogP contribution in [0.15, 0.2) is 29.2 Å². The van der Waals surface area contributed by atoms with E-state index in [4.69, 9.17) is 5.11 Å². The van der Waals surface area contributed by atoms with Crippen LogP contribution in [0.5, 0.6) is 0 Å². The third kappa shape index (κ3) is 5.13. The molecule has 1 atom stereocenters. The zero-order chi connectivity index (χ0) is 13.4. The van der Waals surface area contributed by atoms with Crippen molar-refractivity contribution in [3.8, 4) is 0 Å². The minimum absolute atomic E-state index is 0.359. The normalized spacial score (nSPS) is 12.3. The SMILES string of the molecule is CCCCC(CC)CSc1ccc(C(=O)O)cc1. The first-order valence-corrected chi connectivity index (χ1v) is 7.62. The van der Waals surface area contributed by atoms with Crippen molar-refractivity contribution in [1.82, 2.24) is 0 Å². The van der Waals surface area contributed by atoms with E-state index in [2.05, 4.69) is 13.8 Å². The van der Waals surface area contributed by atoms with E-state index in [1.807, 2.05) is 23.9 Å². The van der Waals surface area contributed by atoms with Gasteiger partial charge >= 0.3 is 5.97 Å². The molecule has 1 rings (SSSR count). The highest BCUT2D eigenvalue weighted by molar-refractivity contribution is 7.99. The third-order valence-electron chi connectivity index (χ3n) is 3.13. The van der Waals surface area contributed by atoms with Crippen molar-refractivity contribution in [1.29, 1.82) is 0 Å². The molecule has 0 radical (unpaired) electrons. The average Bonchev–Trinajstić information content (AvgIpc) is 2.39. The second kappa shape index (κ2) is 8.20. The van der Waals surface area contributed by atoms with E-state index in [0.717, 1.165) is 16.6 Å². The maximum Gasteiger partial charge on any atom is 0.335 e. The van der Waals surface area contributed by atoms with Gasteiger partial charge in [-0.1, -0.05) is 33.1 Å². The molecule has 0 amide bonds. The van der Waals surface area contributed by atoms with Crippen molar-refractivity contribution >= 4 is 17.7 Å². The molecule has 1 unspecified atom stereocenters. The number of unbranched alkanes of at least 4 members (excludes halogenated alkanes) is 1. The molecule has 3 heteroatoms. The predicted molar refractivity (Wildman–Crippen MR) is 77.4 cm³/mol. The molecule has 1 N–H and O–H groups in total. The number of benzene rings is 1. The molecule has 0 fully saturated rings.